The third kappa shape index (κ3) is 2.10. The number of H-pyrrole nitrogens is 1. The highest BCUT2D eigenvalue weighted by Crippen LogP contribution is 2.31. The van der Waals surface area contributed by atoms with Gasteiger partial charge in [0.2, 0.25) is 0 Å². The molecule has 1 heterocycles. The third-order valence-electron chi connectivity index (χ3n) is 3.09. The van der Waals surface area contributed by atoms with Gasteiger partial charge in [0.15, 0.2) is 0 Å². The van der Waals surface area contributed by atoms with Gasteiger partial charge in [-0.15, -0.1) is 0 Å². The van der Waals surface area contributed by atoms with Crippen LogP contribution < -0.4 is 0 Å². The van der Waals surface area contributed by atoms with Crippen LogP contribution in [0.3, 0.4) is 0 Å². The summed E-state index contributed by atoms with van der Waals surface area (Å²) < 4.78 is 0. The van der Waals surface area contributed by atoms with E-state index in [1.54, 1.807) is 12.1 Å². The number of nitrogens with zero attached hydrogens (tertiary/aromatic N) is 1. The van der Waals surface area contributed by atoms with Crippen LogP contribution in [-0.4, -0.2) is 15.1 Å². The molecule has 0 aliphatic rings. The van der Waals surface area contributed by atoms with Crippen molar-refractivity contribution >= 4 is 0 Å². The van der Waals surface area contributed by atoms with Crippen LogP contribution in [0.25, 0.3) is 22.6 Å². The predicted octanol–water partition coefficient (Wildman–Crippen LogP) is 3.76. The molecule has 0 aliphatic carbocycles. The first-order valence-corrected chi connectivity index (χ1v) is 6.16. The molecule has 3 aromatic rings. The van der Waals surface area contributed by atoms with E-state index in [1.165, 1.54) is 0 Å². The van der Waals surface area contributed by atoms with Gasteiger partial charge >= 0.3 is 0 Å². The van der Waals surface area contributed by atoms with Crippen molar-refractivity contribution in [3.05, 3.63) is 60.3 Å². The molecule has 3 nitrogen and oxygen atoms in total. The molecule has 0 fully saturated rings. The highest BCUT2D eigenvalue weighted by Gasteiger charge is 2.12. The van der Waals surface area contributed by atoms with Crippen molar-refractivity contribution in [1.29, 1.82) is 0 Å². The lowest BCUT2D eigenvalue weighted by atomic mass is 10.1. The zero-order chi connectivity index (χ0) is 13.2. The van der Waals surface area contributed by atoms with E-state index in [0.717, 1.165) is 28.3 Å². The van der Waals surface area contributed by atoms with E-state index in [9.17, 15) is 5.11 Å². The van der Waals surface area contributed by atoms with Gasteiger partial charge in [0.1, 0.15) is 11.6 Å². The molecule has 1 aromatic heterocycles. The van der Waals surface area contributed by atoms with Crippen LogP contribution in [0.5, 0.6) is 5.75 Å². The van der Waals surface area contributed by atoms with E-state index < -0.39 is 0 Å². The summed E-state index contributed by atoms with van der Waals surface area (Å²) in [5, 5.41) is 9.91. The van der Waals surface area contributed by atoms with Crippen molar-refractivity contribution in [2.45, 2.75) is 6.92 Å². The quantitative estimate of drug-likeness (QED) is 0.727. The molecule has 2 aromatic carbocycles. The maximum absolute atomic E-state index is 9.91. The molecule has 0 saturated carbocycles. The summed E-state index contributed by atoms with van der Waals surface area (Å²) in [7, 11) is 0. The minimum absolute atomic E-state index is 0.247. The second-order valence-corrected chi connectivity index (χ2v) is 4.44. The van der Waals surface area contributed by atoms with Crippen LogP contribution in [0.15, 0.2) is 54.6 Å². The molecule has 2 N–H and O–H groups in total. The molecular weight excluding hydrogens is 236 g/mol. The molecule has 0 bridgehead atoms. The van der Waals surface area contributed by atoms with E-state index in [1.807, 2.05) is 49.4 Å². The van der Waals surface area contributed by atoms with Crippen molar-refractivity contribution in [1.82, 2.24) is 9.97 Å². The number of phenols is 1. The Kier molecular flexibility index (Phi) is 2.80. The number of para-hydroxylation sites is 1. The maximum Gasteiger partial charge on any atom is 0.138 e. The predicted molar refractivity (Wildman–Crippen MR) is 75.9 cm³/mol. The number of aromatic nitrogens is 2. The summed E-state index contributed by atoms with van der Waals surface area (Å²) in [6.45, 7) is 1.96. The van der Waals surface area contributed by atoms with Gasteiger partial charge in [0.05, 0.1) is 5.69 Å². The van der Waals surface area contributed by atoms with Crippen LogP contribution in [0.2, 0.25) is 0 Å². The van der Waals surface area contributed by atoms with E-state index in [4.69, 9.17) is 0 Å². The topological polar surface area (TPSA) is 48.9 Å². The Balaban J connectivity index is 2.11. The fraction of sp³-hybridized carbons (Fsp3) is 0.0625. The lowest BCUT2D eigenvalue weighted by Gasteiger charge is -2.01. The van der Waals surface area contributed by atoms with Gasteiger partial charge in [-0.05, 0) is 19.1 Å². The van der Waals surface area contributed by atoms with E-state index in [-0.39, 0.29) is 5.75 Å². The zero-order valence-corrected chi connectivity index (χ0v) is 10.6. The van der Waals surface area contributed by atoms with Gasteiger partial charge in [-0.2, -0.15) is 0 Å². The fourth-order valence-corrected chi connectivity index (χ4v) is 2.13. The smallest absolute Gasteiger partial charge is 0.138 e. The normalized spacial score (nSPS) is 10.6. The van der Waals surface area contributed by atoms with Gasteiger partial charge in [-0.25, -0.2) is 4.98 Å². The lowest BCUT2D eigenvalue weighted by molar-refractivity contribution is 0.477. The Morgan fingerprint density at radius 1 is 0.947 bits per heavy atom. The fourth-order valence-electron chi connectivity index (χ4n) is 2.13. The Hall–Kier alpha value is -2.55. The van der Waals surface area contributed by atoms with Crippen molar-refractivity contribution in [2.24, 2.45) is 0 Å². The van der Waals surface area contributed by atoms with Crippen molar-refractivity contribution < 1.29 is 5.11 Å². The van der Waals surface area contributed by atoms with E-state index in [0.29, 0.717) is 0 Å². The van der Waals surface area contributed by atoms with Gasteiger partial charge in [0.25, 0.3) is 0 Å². The minimum atomic E-state index is 0.247. The van der Waals surface area contributed by atoms with Crippen molar-refractivity contribution in [3.8, 4) is 28.4 Å². The largest absolute Gasteiger partial charge is 0.507 e. The van der Waals surface area contributed by atoms with E-state index >= 15 is 0 Å². The Morgan fingerprint density at radius 3 is 2.37 bits per heavy atom. The number of hydrogen-bond donors (Lipinski definition) is 2. The Morgan fingerprint density at radius 2 is 1.63 bits per heavy atom. The molecule has 0 saturated heterocycles. The Bertz CT molecular complexity index is 702. The molecule has 0 atom stereocenters. The number of phenolic OH excluding ortho intramolecular Hbond substituents is 1. The molecule has 0 aliphatic heterocycles. The number of aryl methyl sites for hydroxylation is 1. The highest BCUT2D eigenvalue weighted by atomic mass is 16.3. The first kappa shape index (κ1) is 11.5. The zero-order valence-electron chi connectivity index (χ0n) is 10.6. The number of aromatic amines is 1. The number of nitrogens with one attached hydrogen (secondary N) is 1. The summed E-state index contributed by atoms with van der Waals surface area (Å²) in [5.74, 6) is 1.06. The van der Waals surface area contributed by atoms with Gasteiger partial charge in [-0.3, -0.25) is 0 Å². The second-order valence-electron chi connectivity index (χ2n) is 4.44. The first-order chi connectivity index (χ1) is 9.25. The number of rotatable bonds is 2. The van der Waals surface area contributed by atoms with E-state index in [2.05, 4.69) is 9.97 Å². The first-order valence-electron chi connectivity index (χ1n) is 6.16. The molecule has 0 spiro atoms. The summed E-state index contributed by atoms with van der Waals surface area (Å²) >= 11 is 0. The number of imidazole rings is 1. The average molecular weight is 250 g/mol. The molecule has 0 unspecified atom stereocenters. The SMILES string of the molecule is Cc1[nH]c(-c2ccccc2)nc1-c1ccccc1O. The molecular formula is C16H14N2O. The van der Waals surface area contributed by atoms with Crippen LogP contribution in [0.4, 0.5) is 0 Å². The van der Waals surface area contributed by atoms with Crippen LogP contribution in [0, 0.1) is 6.92 Å². The third-order valence-corrected chi connectivity index (χ3v) is 3.09. The van der Waals surface area contributed by atoms with Gasteiger partial charge in [-0.1, -0.05) is 42.5 Å². The van der Waals surface area contributed by atoms with Crippen LogP contribution >= 0.6 is 0 Å². The number of hydrogen-bond acceptors (Lipinski definition) is 2. The summed E-state index contributed by atoms with van der Waals surface area (Å²) in [5.41, 5.74) is 3.52. The second kappa shape index (κ2) is 4.61. The molecule has 3 rings (SSSR count). The summed E-state index contributed by atoms with van der Waals surface area (Å²) in [6, 6.07) is 17.2. The van der Waals surface area contributed by atoms with Crippen molar-refractivity contribution in [3.63, 3.8) is 0 Å². The lowest BCUT2D eigenvalue weighted by Crippen LogP contribution is -1.82. The average Bonchev–Trinajstić information content (AvgIpc) is 2.82. The number of benzene rings is 2. The standard InChI is InChI=1S/C16H14N2O/c1-11-15(13-9-5-6-10-14(13)19)18-16(17-11)12-7-3-2-4-8-12/h2-10,19H,1H3,(H,17,18). The minimum Gasteiger partial charge on any atom is -0.507 e. The van der Waals surface area contributed by atoms with Crippen LogP contribution in [0.1, 0.15) is 5.69 Å². The molecule has 19 heavy (non-hydrogen) atoms. The highest BCUT2D eigenvalue weighted by molar-refractivity contribution is 5.71. The van der Waals surface area contributed by atoms with Crippen molar-refractivity contribution in [2.75, 3.05) is 0 Å². The summed E-state index contributed by atoms with van der Waals surface area (Å²) in [6.07, 6.45) is 0. The molecule has 0 amide bonds. The molecule has 3 heteroatoms. The monoisotopic (exact) mass is 250 g/mol. The summed E-state index contributed by atoms with van der Waals surface area (Å²) in [4.78, 5) is 7.86. The number of aromatic hydroxyl groups is 1. The van der Waals surface area contributed by atoms with Gasteiger partial charge in [0, 0.05) is 16.8 Å². The Labute approximate surface area is 111 Å². The molecule has 94 valence electrons. The van der Waals surface area contributed by atoms with Crippen LogP contribution in [-0.2, 0) is 0 Å². The molecule has 0 radical (unpaired) electrons. The van der Waals surface area contributed by atoms with Gasteiger partial charge < -0.3 is 10.1 Å². The maximum atomic E-state index is 9.91.